The summed E-state index contributed by atoms with van der Waals surface area (Å²) in [5.41, 5.74) is -2.70. The average molecular weight is 516 g/mol. The van der Waals surface area contributed by atoms with Gasteiger partial charge in [0.05, 0.1) is 0 Å². The average Bonchev–Trinajstić information content (AvgIpc) is 2.79. The SMILES string of the molecule is CC(C)C(=O)Nc1cccc(C(=O)N[C@H]2CC[C@@H](Nc3cc(C(F)(F)F)nc(C(F)(F)F)c3)CC2)c1. The number of hydrogen-bond donors (Lipinski definition) is 3. The summed E-state index contributed by atoms with van der Waals surface area (Å²) >= 11 is 0. The molecule has 6 nitrogen and oxygen atoms in total. The molecule has 0 atom stereocenters. The monoisotopic (exact) mass is 516 g/mol. The maximum absolute atomic E-state index is 13.0. The number of halogens is 6. The number of nitrogens with zero attached hydrogens (tertiary/aromatic N) is 1. The van der Waals surface area contributed by atoms with Gasteiger partial charge in [0.25, 0.3) is 5.91 Å². The molecule has 1 aromatic heterocycles. The quantitative estimate of drug-likeness (QED) is 0.420. The number of carbonyl (C=O) groups is 2. The van der Waals surface area contributed by atoms with Gasteiger partial charge >= 0.3 is 12.4 Å². The normalized spacial score (nSPS) is 18.6. The lowest BCUT2D eigenvalue weighted by Gasteiger charge is -2.30. The number of alkyl halides is 6. The van der Waals surface area contributed by atoms with Gasteiger partial charge in [-0.3, -0.25) is 9.59 Å². The first-order chi connectivity index (χ1) is 16.7. The topological polar surface area (TPSA) is 83.1 Å². The zero-order chi connectivity index (χ0) is 26.7. The minimum atomic E-state index is -5.02. The molecule has 0 radical (unpaired) electrons. The summed E-state index contributed by atoms with van der Waals surface area (Å²) in [6.07, 6.45) is -8.21. The zero-order valence-electron chi connectivity index (χ0n) is 19.6. The number of pyridine rings is 1. The van der Waals surface area contributed by atoms with E-state index in [1.54, 1.807) is 38.1 Å². The molecule has 1 fully saturated rings. The fourth-order valence-corrected chi connectivity index (χ4v) is 3.82. The zero-order valence-corrected chi connectivity index (χ0v) is 19.6. The van der Waals surface area contributed by atoms with Crippen molar-refractivity contribution in [1.29, 1.82) is 0 Å². The van der Waals surface area contributed by atoms with Gasteiger partial charge < -0.3 is 16.0 Å². The molecule has 196 valence electrons. The predicted octanol–water partition coefficient (Wildman–Crippen LogP) is 5.87. The van der Waals surface area contributed by atoms with E-state index >= 15 is 0 Å². The van der Waals surface area contributed by atoms with Crippen LogP contribution in [0.25, 0.3) is 0 Å². The van der Waals surface area contributed by atoms with Crippen LogP contribution in [0.4, 0.5) is 37.7 Å². The lowest BCUT2D eigenvalue weighted by molar-refractivity contribution is -0.150. The van der Waals surface area contributed by atoms with Crippen molar-refractivity contribution in [1.82, 2.24) is 10.3 Å². The van der Waals surface area contributed by atoms with Gasteiger partial charge in [-0.05, 0) is 56.0 Å². The second-order valence-electron chi connectivity index (χ2n) is 9.01. The Kier molecular flexibility index (Phi) is 8.15. The summed E-state index contributed by atoms with van der Waals surface area (Å²) in [4.78, 5) is 27.2. The maximum atomic E-state index is 13.0. The van der Waals surface area contributed by atoms with Gasteiger partial charge in [-0.15, -0.1) is 0 Å². The fraction of sp³-hybridized carbons (Fsp3) is 0.458. The van der Waals surface area contributed by atoms with Crippen LogP contribution in [0.2, 0.25) is 0 Å². The van der Waals surface area contributed by atoms with Gasteiger partial charge in [0.1, 0.15) is 11.4 Å². The molecular weight excluding hydrogens is 490 g/mol. The Hall–Kier alpha value is -3.31. The lowest BCUT2D eigenvalue weighted by atomic mass is 9.90. The van der Waals surface area contributed by atoms with Crippen molar-refractivity contribution in [3.63, 3.8) is 0 Å². The highest BCUT2D eigenvalue weighted by Crippen LogP contribution is 2.35. The van der Waals surface area contributed by atoms with E-state index in [9.17, 15) is 35.9 Å². The molecule has 3 N–H and O–H groups in total. The van der Waals surface area contributed by atoms with Crippen LogP contribution in [0, 0.1) is 5.92 Å². The van der Waals surface area contributed by atoms with E-state index < -0.39 is 23.7 Å². The highest BCUT2D eigenvalue weighted by molar-refractivity contribution is 5.97. The highest BCUT2D eigenvalue weighted by atomic mass is 19.4. The van der Waals surface area contributed by atoms with E-state index in [-0.39, 0.29) is 35.5 Å². The van der Waals surface area contributed by atoms with Crippen LogP contribution in [-0.2, 0) is 17.1 Å². The summed E-state index contributed by atoms with van der Waals surface area (Å²) in [6, 6.07) is 7.03. The molecule has 0 spiro atoms. The van der Waals surface area contributed by atoms with E-state index in [2.05, 4.69) is 20.9 Å². The predicted molar refractivity (Wildman–Crippen MR) is 121 cm³/mol. The van der Waals surface area contributed by atoms with Crippen molar-refractivity contribution >= 4 is 23.2 Å². The van der Waals surface area contributed by atoms with E-state index in [1.165, 1.54) is 0 Å². The van der Waals surface area contributed by atoms with Crippen molar-refractivity contribution in [2.24, 2.45) is 5.92 Å². The molecule has 1 aliphatic rings. The second-order valence-corrected chi connectivity index (χ2v) is 9.01. The van der Waals surface area contributed by atoms with Crippen LogP contribution >= 0.6 is 0 Å². The molecule has 1 aromatic carbocycles. The number of rotatable bonds is 6. The third-order valence-corrected chi connectivity index (χ3v) is 5.76. The molecule has 2 aromatic rings. The van der Waals surface area contributed by atoms with Gasteiger partial charge in [-0.25, -0.2) is 4.98 Å². The van der Waals surface area contributed by atoms with Crippen LogP contribution < -0.4 is 16.0 Å². The van der Waals surface area contributed by atoms with Gasteiger partial charge in [0.15, 0.2) is 0 Å². The number of amides is 2. The third-order valence-electron chi connectivity index (χ3n) is 5.76. The smallest absolute Gasteiger partial charge is 0.382 e. The minimum absolute atomic E-state index is 0.183. The van der Waals surface area contributed by atoms with Crippen molar-refractivity contribution in [2.45, 2.75) is 64.0 Å². The first kappa shape index (κ1) is 27.3. The Bertz CT molecular complexity index is 1060. The van der Waals surface area contributed by atoms with Crippen LogP contribution in [0.3, 0.4) is 0 Å². The molecule has 1 saturated carbocycles. The first-order valence-electron chi connectivity index (χ1n) is 11.4. The largest absolute Gasteiger partial charge is 0.433 e. The second kappa shape index (κ2) is 10.8. The third kappa shape index (κ3) is 7.34. The molecule has 36 heavy (non-hydrogen) atoms. The molecule has 12 heteroatoms. The highest BCUT2D eigenvalue weighted by Gasteiger charge is 2.39. The Labute approximate surface area is 203 Å². The molecule has 0 saturated heterocycles. The van der Waals surface area contributed by atoms with Crippen molar-refractivity contribution in [2.75, 3.05) is 10.6 Å². The van der Waals surface area contributed by atoms with E-state index in [1.807, 2.05) is 0 Å². The number of carbonyl (C=O) groups excluding carboxylic acids is 2. The lowest BCUT2D eigenvalue weighted by Crippen LogP contribution is -2.40. The van der Waals surface area contributed by atoms with E-state index in [4.69, 9.17) is 0 Å². The molecule has 0 unspecified atom stereocenters. The molecule has 3 rings (SSSR count). The number of benzene rings is 1. The van der Waals surface area contributed by atoms with E-state index in [0.717, 1.165) is 0 Å². The number of nitrogens with one attached hydrogen (secondary N) is 3. The van der Waals surface area contributed by atoms with Crippen molar-refractivity contribution in [3.05, 3.63) is 53.3 Å². The Morgan fingerprint density at radius 2 is 1.42 bits per heavy atom. The molecule has 0 bridgehead atoms. The van der Waals surface area contributed by atoms with Crippen LogP contribution in [-0.4, -0.2) is 28.9 Å². The summed E-state index contributed by atoms with van der Waals surface area (Å²) < 4.78 is 78.2. The van der Waals surface area contributed by atoms with Crippen LogP contribution in [0.5, 0.6) is 0 Å². The molecule has 2 amide bonds. The maximum Gasteiger partial charge on any atom is 0.433 e. The molecule has 0 aliphatic heterocycles. The Morgan fingerprint density at radius 3 is 1.94 bits per heavy atom. The van der Waals surface area contributed by atoms with Crippen LogP contribution in [0.15, 0.2) is 36.4 Å². The molecular formula is C24H26F6N4O2. The van der Waals surface area contributed by atoms with E-state index in [0.29, 0.717) is 49.1 Å². The number of anilines is 2. The summed E-state index contributed by atoms with van der Waals surface area (Å²) in [7, 11) is 0. The fourth-order valence-electron chi connectivity index (χ4n) is 3.82. The van der Waals surface area contributed by atoms with Gasteiger partial charge in [-0.1, -0.05) is 19.9 Å². The molecule has 1 aliphatic carbocycles. The standard InChI is InChI=1S/C24H26F6N4O2/c1-13(2)21(35)33-17-5-3-4-14(10-17)22(36)32-16-8-6-15(7-9-16)31-18-11-19(23(25,26)27)34-20(12-18)24(28,29)30/h3-5,10-13,15-16H,6-9H2,1-2H3,(H,31,34)(H,32,36)(H,33,35)/t15-,16+. The van der Waals surface area contributed by atoms with Crippen LogP contribution in [0.1, 0.15) is 61.3 Å². The van der Waals surface area contributed by atoms with Crippen molar-refractivity contribution in [3.8, 4) is 0 Å². The van der Waals surface area contributed by atoms with Crippen molar-refractivity contribution < 1.29 is 35.9 Å². The number of aromatic nitrogens is 1. The first-order valence-corrected chi connectivity index (χ1v) is 11.4. The molecule has 1 heterocycles. The Balaban J connectivity index is 1.59. The Morgan fingerprint density at radius 1 is 0.861 bits per heavy atom. The van der Waals surface area contributed by atoms with Gasteiger partial charge in [-0.2, -0.15) is 26.3 Å². The summed E-state index contributed by atoms with van der Waals surface area (Å²) in [5.74, 6) is -0.748. The summed E-state index contributed by atoms with van der Waals surface area (Å²) in [5, 5.41) is 8.37. The van der Waals surface area contributed by atoms with Gasteiger partial charge in [0, 0.05) is 34.9 Å². The number of hydrogen-bond acceptors (Lipinski definition) is 4. The minimum Gasteiger partial charge on any atom is -0.382 e. The van der Waals surface area contributed by atoms with Gasteiger partial charge in [0.2, 0.25) is 5.91 Å². The summed E-state index contributed by atoms with van der Waals surface area (Å²) in [6.45, 7) is 3.49.